The molecule has 3 rings (SSSR count). The third-order valence-electron chi connectivity index (χ3n) is 4.15. The molecule has 1 saturated heterocycles. The molecular formula is C19H19NOS2. The van der Waals surface area contributed by atoms with Crippen LogP contribution in [0.4, 0.5) is 0 Å². The van der Waals surface area contributed by atoms with Crippen molar-refractivity contribution in [1.29, 1.82) is 0 Å². The van der Waals surface area contributed by atoms with Gasteiger partial charge in [-0.3, -0.25) is 9.69 Å². The first-order valence-electron chi connectivity index (χ1n) is 7.66. The average Bonchev–Trinajstić information content (AvgIpc) is 2.86. The van der Waals surface area contributed by atoms with Crippen molar-refractivity contribution in [3.63, 3.8) is 0 Å². The molecule has 0 radical (unpaired) electrons. The van der Waals surface area contributed by atoms with E-state index in [0.717, 1.165) is 6.42 Å². The number of carbonyl (C=O) groups excluding carboxylic acids is 1. The minimum atomic E-state index is -0.0343. The van der Waals surface area contributed by atoms with E-state index in [9.17, 15) is 4.79 Å². The molecule has 2 nitrogen and oxygen atoms in total. The lowest BCUT2D eigenvalue weighted by molar-refractivity contribution is -0.125. The fraction of sp³-hybridized carbons (Fsp3) is 0.263. The predicted octanol–water partition coefficient (Wildman–Crippen LogP) is 4.45. The summed E-state index contributed by atoms with van der Waals surface area (Å²) in [7, 11) is 0. The first kappa shape index (κ1) is 16.2. The fourth-order valence-electron chi connectivity index (χ4n) is 3.04. The zero-order valence-electron chi connectivity index (χ0n) is 13.3. The zero-order valence-corrected chi connectivity index (χ0v) is 14.9. The van der Waals surface area contributed by atoms with Crippen molar-refractivity contribution in [2.24, 2.45) is 0 Å². The molecule has 0 spiro atoms. The quantitative estimate of drug-likeness (QED) is 0.767. The van der Waals surface area contributed by atoms with Crippen molar-refractivity contribution >= 4 is 34.2 Å². The van der Waals surface area contributed by atoms with Gasteiger partial charge in [0.1, 0.15) is 4.32 Å². The van der Waals surface area contributed by atoms with Crippen LogP contribution in [-0.2, 0) is 11.2 Å². The fourth-order valence-corrected chi connectivity index (χ4v) is 4.20. The second-order valence-corrected chi connectivity index (χ2v) is 7.49. The summed E-state index contributed by atoms with van der Waals surface area (Å²) in [5.74, 6) is 0.565. The van der Waals surface area contributed by atoms with E-state index in [4.69, 9.17) is 12.2 Å². The lowest BCUT2D eigenvalue weighted by Crippen LogP contribution is -2.34. The molecule has 0 saturated carbocycles. The van der Waals surface area contributed by atoms with E-state index in [1.807, 2.05) is 23.1 Å². The van der Waals surface area contributed by atoms with Gasteiger partial charge < -0.3 is 0 Å². The maximum absolute atomic E-state index is 12.4. The summed E-state index contributed by atoms with van der Waals surface area (Å²) in [6, 6.07) is 16.7. The second kappa shape index (κ2) is 6.85. The highest BCUT2D eigenvalue weighted by Crippen LogP contribution is 2.34. The van der Waals surface area contributed by atoms with E-state index in [-0.39, 0.29) is 11.9 Å². The van der Waals surface area contributed by atoms with Crippen LogP contribution < -0.4 is 0 Å². The number of aryl methyl sites for hydroxylation is 2. The molecule has 0 aromatic heterocycles. The van der Waals surface area contributed by atoms with Gasteiger partial charge >= 0.3 is 0 Å². The molecule has 0 N–H and O–H groups in total. The van der Waals surface area contributed by atoms with Crippen molar-refractivity contribution in [3.05, 3.63) is 70.8 Å². The molecule has 1 heterocycles. The third kappa shape index (κ3) is 3.48. The Morgan fingerprint density at radius 3 is 2.52 bits per heavy atom. The van der Waals surface area contributed by atoms with Gasteiger partial charge in [-0.15, -0.1) is 0 Å². The number of benzene rings is 2. The molecule has 1 fully saturated rings. The SMILES string of the molecule is Cc1ccc(C(Cc2ccccc2)N2C(=O)CSC2=S)c(C)c1. The van der Waals surface area contributed by atoms with Gasteiger partial charge in [0.05, 0.1) is 11.8 Å². The van der Waals surface area contributed by atoms with E-state index in [1.165, 1.54) is 34.0 Å². The highest BCUT2D eigenvalue weighted by atomic mass is 32.2. The molecule has 118 valence electrons. The normalized spacial score (nSPS) is 16.0. The molecule has 1 unspecified atom stereocenters. The van der Waals surface area contributed by atoms with Crippen molar-refractivity contribution in [2.75, 3.05) is 5.75 Å². The zero-order chi connectivity index (χ0) is 16.4. The van der Waals surface area contributed by atoms with Crippen molar-refractivity contribution < 1.29 is 4.79 Å². The monoisotopic (exact) mass is 341 g/mol. The van der Waals surface area contributed by atoms with Gasteiger partial charge in [-0.05, 0) is 37.0 Å². The Hall–Kier alpha value is -1.65. The number of hydrogen-bond donors (Lipinski definition) is 0. The molecule has 1 atom stereocenters. The Bertz CT molecular complexity index is 726. The van der Waals surface area contributed by atoms with Crippen LogP contribution in [0.15, 0.2) is 48.5 Å². The molecule has 0 aliphatic carbocycles. The van der Waals surface area contributed by atoms with Gasteiger partial charge in [0.15, 0.2) is 0 Å². The van der Waals surface area contributed by atoms with E-state index in [1.54, 1.807) is 0 Å². The number of hydrogen-bond acceptors (Lipinski definition) is 3. The average molecular weight is 342 g/mol. The van der Waals surface area contributed by atoms with Gasteiger partial charge in [-0.1, -0.05) is 78.1 Å². The summed E-state index contributed by atoms with van der Waals surface area (Å²) >= 11 is 6.91. The van der Waals surface area contributed by atoms with Crippen LogP contribution in [0.2, 0.25) is 0 Å². The molecule has 2 aromatic carbocycles. The lowest BCUT2D eigenvalue weighted by Gasteiger charge is -2.29. The Morgan fingerprint density at radius 2 is 1.91 bits per heavy atom. The molecule has 1 amide bonds. The van der Waals surface area contributed by atoms with E-state index < -0.39 is 0 Å². The van der Waals surface area contributed by atoms with Gasteiger partial charge in [0.25, 0.3) is 0 Å². The Balaban J connectivity index is 2.02. The molecule has 0 bridgehead atoms. The number of thiocarbonyl (C=S) groups is 1. The van der Waals surface area contributed by atoms with Gasteiger partial charge in [-0.2, -0.15) is 0 Å². The van der Waals surface area contributed by atoms with Crippen LogP contribution in [-0.4, -0.2) is 20.9 Å². The summed E-state index contributed by atoms with van der Waals surface area (Å²) in [5.41, 5.74) is 4.83. The minimum absolute atomic E-state index is 0.0343. The summed E-state index contributed by atoms with van der Waals surface area (Å²) in [6.07, 6.45) is 0.775. The smallest absolute Gasteiger partial charge is 0.239 e. The molecule has 4 heteroatoms. The third-order valence-corrected chi connectivity index (χ3v) is 5.54. The van der Waals surface area contributed by atoms with Crippen molar-refractivity contribution in [2.45, 2.75) is 26.3 Å². The molecule has 23 heavy (non-hydrogen) atoms. The highest BCUT2D eigenvalue weighted by molar-refractivity contribution is 8.23. The lowest BCUT2D eigenvalue weighted by atomic mass is 9.93. The topological polar surface area (TPSA) is 20.3 Å². The number of carbonyl (C=O) groups is 1. The number of thioether (sulfide) groups is 1. The van der Waals surface area contributed by atoms with Crippen LogP contribution in [0.3, 0.4) is 0 Å². The maximum atomic E-state index is 12.4. The van der Waals surface area contributed by atoms with Gasteiger partial charge in [0.2, 0.25) is 5.91 Å². The Morgan fingerprint density at radius 1 is 1.17 bits per heavy atom. The first-order valence-corrected chi connectivity index (χ1v) is 9.05. The Labute approximate surface area is 146 Å². The number of amides is 1. The van der Waals surface area contributed by atoms with Crippen LogP contribution in [0.1, 0.15) is 28.3 Å². The maximum Gasteiger partial charge on any atom is 0.239 e. The largest absolute Gasteiger partial charge is 0.289 e. The van der Waals surface area contributed by atoms with Crippen LogP contribution in [0.25, 0.3) is 0 Å². The summed E-state index contributed by atoms with van der Waals surface area (Å²) in [4.78, 5) is 14.2. The van der Waals surface area contributed by atoms with Crippen LogP contribution in [0, 0.1) is 13.8 Å². The highest BCUT2D eigenvalue weighted by Gasteiger charge is 2.34. The minimum Gasteiger partial charge on any atom is -0.289 e. The van der Waals surface area contributed by atoms with Crippen molar-refractivity contribution in [3.8, 4) is 0 Å². The molecule has 1 aliphatic heterocycles. The second-order valence-electron chi connectivity index (χ2n) is 5.88. The standard InChI is InChI=1S/C19H19NOS2/c1-13-8-9-16(14(2)10-13)17(11-15-6-4-3-5-7-15)20-18(21)12-23-19(20)22/h3-10,17H,11-12H2,1-2H3. The number of nitrogens with zero attached hydrogens (tertiary/aromatic N) is 1. The van der Waals surface area contributed by atoms with Gasteiger partial charge in [0, 0.05) is 0 Å². The summed E-state index contributed by atoms with van der Waals surface area (Å²) in [6.45, 7) is 4.20. The molecule has 1 aliphatic rings. The van der Waals surface area contributed by atoms with Crippen molar-refractivity contribution in [1.82, 2.24) is 4.90 Å². The van der Waals surface area contributed by atoms with Gasteiger partial charge in [-0.25, -0.2) is 0 Å². The van der Waals surface area contributed by atoms with E-state index in [0.29, 0.717) is 10.1 Å². The number of rotatable bonds is 4. The van der Waals surface area contributed by atoms with Crippen LogP contribution >= 0.6 is 24.0 Å². The van der Waals surface area contributed by atoms with E-state index >= 15 is 0 Å². The molecule has 2 aromatic rings. The predicted molar refractivity (Wildman–Crippen MR) is 101 cm³/mol. The summed E-state index contributed by atoms with van der Waals surface area (Å²) in [5, 5.41) is 0. The van der Waals surface area contributed by atoms with Crippen LogP contribution in [0.5, 0.6) is 0 Å². The van der Waals surface area contributed by atoms with E-state index in [2.05, 4.69) is 44.2 Å². The Kier molecular flexibility index (Phi) is 4.83. The summed E-state index contributed by atoms with van der Waals surface area (Å²) < 4.78 is 0.691. The molecular weight excluding hydrogens is 322 g/mol. The first-order chi connectivity index (χ1) is 11.1.